The van der Waals surface area contributed by atoms with E-state index in [4.69, 9.17) is 0 Å². The lowest BCUT2D eigenvalue weighted by atomic mass is 10.1. The molecule has 1 atom stereocenters. The van der Waals surface area contributed by atoms with Gasteiger partial charge in [0.05, 0.1) is 11.8 Å². The van der Waals surface area contributed by atoms with Crippen molar-refractivity contribution in [2.75, 3.05) is 0 Å². The summed E-state index contributed by atoms with van der Waals surface area (Å²) in [5.74, 6) is 0. The molecule has 0 aromatic carbocycles. The highest BCUT2D eigenvalue weighted by molar-refractivity contribution is 7.15. The summed E-state index contributed by atoms with van der Waals surface area (Å²) < 4.78 is 2.05. The molecule has 0 saturated heterocycles. The number of aromatic nitrogens is 2. The summed E-state index contributed by atoms with van der Waals surface area (Å²) in [7, 11) is 0. The van der Waals surface area contributed by atoms with Gasteiger partial charge in [-0.2, -0.15) is 0 Å². The van der Waals surface area contributed by atoms with Crippen LogP contribution in [0.2, 0.25) is 0 Å². The molecule has 0 fully saturated rings. The third kappa shape index (κ3) is 2.58. The summed E-state index contributed by atoms with van der Waals surface area (Å²) >= 11 is 1.65. The van der Waals surface area contributed by atoms with E-state index in [1.54, 1.807) is 11.3 Å². The standard InChI is InChI=1S/C11H16N2OS/c1-2-10(14)5-3-4-9-8-13-6-7-15-11(13)12-9/h6-8,10,14H,2-5H2,1H3. The van der Waals surface area contributed by atoms with E-state index in [0.29, 0.717) is 0 Å². The SMILES string of the molecule is CCC(O)CCCc1cn2ccsc2n1. The Morgan fingerprint density at radius 1 is 1.60 bits per heavy atom. The van der Waals surface area contributed by atoms with Gasteiger partial charge in [0.25, 0.3) is 0 Å². The van der Waals surface area contributed by atoms with Crippen molar-refractivity contribution < 1.29 is 5.11 Å². The topological polar surface area (TPSA) is 37.5 Å². The van der Waals surface area contributed by atoms with Gasteiger partial charge < -0.3 is 5.11 Å². The predicted molar refractivity (Wildman–Crippen MR) is 62.3 cm³/mol. The Morgan fingerprint density at radius 3 is 3.20 bits per heavy atom. The first kappa shape index (κ1) is 10.6. The minimum atomic E-state index is -0.145. The van der Waals surface area contributed by atoms with E-state index < -0.39 is 0 Å². The number of aliphatic hydroxyl groups is 1. The summed E-state index contributed by atoms with van der Waals surface area (Å²) in [6, 6.07) is 0. The molecule has 15 heavy (non-hydrogen) atoms. The molecular formula is C11H16N2OS. The maximum absolute atomic E-state index is 9.41. The van der Waals surface area contributed by atoms with Gasteiger partial charge in [-0.1, -0.05) is 6.92 Å². The molecule has 0 aliphatic heterocycles. The second-order valence-corrected chi connectivity index (χ2v) is 4.65. The summed E-state index contributed by atoms with van der Waals surface area (Å²) in [4.78, 5) is 5.55. The molecule has 0 bridgehead atoms. The van der Waals surface area contributed by atoms with Crippen molar-refractivity contribution in [1.82, 2.24) is 9.38 Å². The molecule has 1 unspecified atom stereocenters. The maximum atomic E-state index is 9.41. The van der Waals surface area contributed by atoms with E-state index in [0.717, 1.165) is 36.3 Å². The normalized spacial score (nSPS) is 13.5. The summed E-state index contributed by atoms with van der Waals surface area (Å²) in [5, 5.41) is 11.4. The molecule has 0 amide bonds. The zero-order valence-electron chi connectivity index (χ0n) is 8.89. The molecule has 2 aromatic rings. The van der Waals surface area contributed by atoms with E-state index in [1.807, 2.05) is 18.5 Å². The third-order valence-electron chi connectivity index (χ3n) is 2.58. The monoisotopic (exact) mass is 224 g/mol. The van der Waals surface area contributed by atoms with Crippen molar-refractivity contribution in [1.29, 1.82) is 0 Å². The number of thiazole rings is 1. The molecule has 3 nitrogen and oxygen atoms in total. The van der Waals surface area contributed by atoms with Crippen molar-refractivity contribution in [2.24, 2.45) is 0 Å². The maximum Gasteiger partial charge on any atom is 0.193 e. The van der Waals surface area contributed by atoms with Gasteiger partial charge in [0.15, 0.2) is 4.96 Å². The Hall–Kier alpha value is -0.870. The largest absolute Gasteiger partial charge is 0.393 e. The zero-order valence-corrected chi connectivity index (χ0v) is 9.70. The first-order valence-electron chi connectivity index (χ1n) is 5.38. The van der Waals surface area contributed by atoms with Gasteiger partial charge in [-0.25, -0.2) is 4.98 Å². The Bertz CT molecular complexity index is 392. The van der Waals surface area contributed by atoms with Gasteiger partial charge in [-0.05, 0) is 25.7 Å². The van der Waals surface area contributed by atoms with Crippen LogP contribution in [-0.2, 0) is 6.42 Å². The number of aryl methyl sites for hydroxylation is 1. The van der Waals surface area contributed by atoms with E-state index in [2.05, 4.69) is 15.6 Å². The van der Waals surface area contributed by atoms with Crippen molar-refractivity contribution in [3.63, 3.8) is 0 Å². The van der Waals surface area contributed by atoms with Crippen LogP contribution >= 0.6 is 11.3 Å². The fourth-order valence-corrected chi connectivity index (χ4v) is 2.34. The molecule has 2 rings (SSSR count). The Morgan fingerprint density at radius 2 is 2.47 bits per heavy atom. The molecule has 2 heterocycles. The average Bonchev–Trinajstić information content (AvgIpc) is 2.77. The molecule has 0 aliphatic carbocycles. The minimum absolute atomic E-state index is 0.145. The Kier molecular flexibility index (Phi) is 3.38. The predicted octanol–water partition coefficient (Wildman–Crippen LogP) is 2.49. The summed E-state index contributed by atoms with van der Waals surface area (Å²) in [6.45, 7) is 2.01. The van der Waals surface area contributed by atoms with E-state index in [-0.39, 0.29) is 6.10 Å². The lowest BCUT2D eigenvalue weighted by Crippen LogP contribution is -2.04. The molecule has 0 radical (unpaired) electrons. The minimum Gasteiger partial charge on any atom is -0.393 e. The quantitative estimate of drug-likeness (QED) is 0.847. The molecule has 0 spiro atoms. The second kappa shape index (κ2) is 4.77. The number of imidazole rings is 1. The van der Waals surface area contributed by atoms with E-state index in [1.165, 1.54) is 0 Å². The number of fused-ring (bicyclic) bond motifs is 1. The first-order chi connectivity index (χ1) is 7.29. The molecule has 1 N–H and O–H groups in total. The highest BCUT2D eigenvalue weighted by Gasteiger charge is 2.04. The van der Waals surface area contributed by atoms with E-state index >= 15 is 0 Å². The van der Waals surface area contributed by atoms with Gasteiger partial charge in [0, 0.05) is 17.8 Å². The average molecular weight is 224 g/mol. The molecule has 82 valence electrons. The van der Waals surface area contributed by atoms with Gasteiger partial charge >= 0.3 is 0 Å². The number of aliphatic hydroxyl groups excluding tert-OH is 1. The van der Waals surface area contributed by atoms with Gasteiger partial charge in [-0.15, -0.1) is 11.3 Å². The van der Waals surface area contributed by atoms with Crippen LogP contribution in [0.3, 0.4) is 0 Å². The third-order valence-corrected chi connectivity index (χ3v) is 3.36. The number of nitrogens with zero attached hydrogens (tertiary/aromatic N) is 2. The Balaban J connectivity index is 1.87. The van der Waals surface area contributed by atoms with Crippen LogP contribution in [0.5, 0.6) is 0 Å². The Labute approximate surface area is 93.4 Å². The fourth-order valence-electron chi connectivity index (χ4n) is 1.62. The lowest BCUT2D eigenvalue weighted by Gasteiger charge is -2.05. The second-order valence-electron chi connectivity index (χ2n) is 3.78. The van der Waals surface area contributed by atoms with Crippen molar-refractivity contribution >= 4 is 16.3 Å². The number of hydrogen-bond acceptors (Lipinski definition) is 3. The van der Waals surface area contributed by atoms with Crippen LogP contribution in [0, 0.1) is 0 Å². The van der Waals surface area contributed by atoms with Crippen LogP contribution < -0.4 is 0 Å². The summed E-state index contributed by atoms with van der Waals surface area (Å²) in [6.07, 6.45) is 7.65. The van der Waals surface area contributed by atoms with Crippen LogP contribution in [0.15, 0.2) is 17.8 Å². The lowest BCUT2D eigenvalue weighted by molar-refractivity contribution is 0.157. The van der Waals surface area contributed by atoms with Crippen molar-refractivity contribution in [3.05, 3.63) is 23.5 Å². The zero-order chi connectivity index (χ0) is 10.7. The fraction of sp³-hybridized carbons (Fsp3) is 0.545. The summed E-state index contributed by atoms with van der Waals surface area (Å²) in [5.41, 5.74) is 1.13. The van der Waals surface area contributed by atoms with Crippen LogP contribution in [-0.4, -0.2) is 20.6 Å². The highest BCUT2D eigenvalue weighted by atomic mass is 32.1. The number of hydrogen-bond donors (Lipinski definition) is 1. The van der Waals surface area contributed by atoms with Crippen LogP contribution in [0.4, 0.5) is 0 Å². The molecule has 2 aromatic heterocycles. The number of rotatable bonds is 5. The molecule has 0 saturated carbocycles. The van der Waals surface area contributed by atoms with Crippen LogP contribution in [0.25, 0.3) is 4.96 Å². The molecular weight excluding hydrogens is 208 g/mol. The smallest absolute Gasteiger partial charge is 0.193 e. The first-order valence-corrected chi connectivity index (χ1v) is 6.26. The van der Waals surface area contributed by atoms with Crippen LogP contribution in [0.1, 0.15) is 31.9 Å². The molecule has 0 aliphatic rings. The van der Waals surface area contributed by atoms with Gasteiger partial charge in [-0.3, -0.25) is 4.40 Å². The molecule has 4 heteroatoms. The van der Waals surface area contributed by atoms with Crippen molar-refractivity contribution in [2.45, 2.75) is 38.7 Å². The van der Waals surface area contributed by atoms with Gasteiger partial charge in [0.2, 0.25) is 0 Å². The van der Waals surface area contributed by atoms with Gasteiger partial charge in [0.1, 0.15) is 0 Å². The van der Waals surface area contributed by atoms with E-state index in [9.17, 15) is 5.11 Å². The van der Waals surface area contributed by atoms with Crippen molar-refractivity contribution in [3.8, 4) is 0 Å². The highest BCUT2D eigenvalue weighted by Crippen LogP contribution is 2.13.